The maximum atomic E-state index is 6.12. The number of methoxy groups -OCH3 is 1. The van der Waals surface area contributed by atoms with Gasteiger partial charge in [-0.3, -0.25) is 0 Å². The molecule has 0 amide bonds. The number of halogens is 1. The molecule has 2 aromatic carbocycles. The Morgan fingerprint density at radius 1 is 1.00 bits per heavy atom. The molecule has 94 valence electrons. The van der Waals surface area contributed by atoms with Crippen LogP contribution >= 0.6 is 11.6 Å². The molecule has 3 aromatic rings. The van der Waals surface area contributed by atoms with Gasteiger partial charge in [-0.2, -0.15) is 0 Å². The van der Waals surface area contributed by atoms with Gasteiger partial charge in [-0.1, -0.05) is 41.9 Å². The summed E-state index contributed by atoms with van der Waals surface area (Å²) >= 11 is 6.12. The van der Waals surface area contributed by atoms with Gasteiger partial charge >= 0.3 is 0 Å². The van der Waals surface area contributed by atoms with E-state index in [0.717, 1.165) is 27.8 Å². The Morgan fingerprint density at radius 3 is 2.53 bits per heavy atom. The first-order chi connectivity index (χ1) is 9.28. The van der Waals surface area contributed by atoms with Gasteiger partial charge in [-0.15, -0.1) is 0 Å². The lowest BCUT2D eigenvalue weighted by Crippen LogP contribution is -1.88. The average Bonchev–Trinajstić information content (AvgIpc) is 2.46. The van der Waals surface area contributed by atoms with Crippen LogP contribution in [0.4, 0.5) is 0 Å². The van der Waals surface area contributed by atoms with Crippen LogP contribution < -0.4 is 4.74 Å². The van der Waals surface area contributed by atoms with Gasteiger partial charge in [0.15, 0.2) is 0 Å². The number of hydrogen-bond acceptors (Lipinski definition) is 2. The largest absolute Gasteiger partial charge is 0.497 e. The second-order valence-electron chi connectivity index (χ2n) is 4.24. The molecule has 19 heavy (non-hydrogen) atoms. The van der Waals surface area contributed by atoms with Crippen LogP contribution in [-0.2, 0) is 0 Å². The fraction of sp³-hybridized carbons (Fsp3) is 0.0625. The van der Waals surface area contributed by atoms with Crippen LogP contribution in [-0.4, -0.2) is 12.1 Å². The molecule has 0 saturated heterocycles. The van der Waals surface area contributed by atoms with Crippen LogP contribution in [0.1, 0.15) is 0 Å². The van der Waals surface area contributed by atoms with Gasteiger partial charge in [0.2, 0.25) is 0 Å². The van der Waals surface area contributed by atoms with E-state index >= 15 is 0 Å². The Hall–Kier alpha value is -2.06. The van der Waals surface area contributed by atoms with Crippen LogP contribution in [0, 0.1) is 0 Å². The predicted molar refractivity (Wildman–Crippen MR) is 78.7 cm³/mol. The van der Waals surface area contributed by atoms with E-state index in [4.69, 9.17) is 16.3 Å². The van der Waals surface area contributed by atoms with Gasteiger partial charge in [0, 0.05) is 11.5 Å². The van der Waals surface area contributed by atoms with Crippen molar-refractivity contribution in [3.05, 3.63) is 59.8 Å². The third-order valence-corrected chi connectivity index (χ3v) is 3.26. The summed E-state index contributed by atoms with van der Waals surface area (Å²) in [5, 5.41) is 1.55. The molecule has 0 aliphatic heterocycles. The maximum absolute atomic E-state index is 6.12. The SMILES string of the molecule is COc1ccc2c(-c3ccccc3)cc(Cl)nc2c1. The number of benzene rings is 2. The van der Waals surface area contributed by atoms with Crippen molar-refractivity contribution in [1.29, 1.82) is 0 Å². The van der Waals surface area contributed by atoms with E-state index in [-0.39, 0.29) is 0 Å². The maximum Gasteiger partial charge on any atom is 0.130 e. The minimum absolute atomic E-state index is 0.486. The van der Waals surface area contributed by atoms with E-state index in [0.29, 0.717) is 5.15 Å². The highest BCUT2D eigenvalue weighted by atomic mass is 35.5. The Bertz CT molecular complexity index is 725. The zero-order valence-corrected chi connectivity index (χ0v) is 11.2. The van der Waals surface area contributed by atoms with E-state index < -0.39 is 0 Å². The molecule has 0 spiro atoms. The second-order valence-corrected chi connectivity index (χ2v) is 4.63. The molecule has 2 nitrogen and oxygen atoms in total. The van der Waals surface area contributed by atoms with E-state index in [1.54, 1.807) is 7.11 Å². The molecule has 0 bridgehead atoms. The van der Waals surface area contributed by atoms with Crippen molar-refractivity contribution in [2.75, 3.05) is 7.11 Å². The fourth-order valence-electron chi connectivity index (χ4n) is 2.16. The van der Waals surface area contributed by atoms with Gasteiger partial charge in [0.05, 0.1) is 12.6 Å². The van der Waals surface area contributed by atoms with Crippen molar-refractivity contribution in [2.45, 2.75) is 0 Å². The molecular formula is C16H12ClNO. The van der Waals surface area contributed by atoms with Gasteiger partial charge in [0.1, 0.15) is 10.9 Å². The van der Waals surface area contributed by atoms with Crippen LogP contribution in [0.5, 0.6) is 5.75 Å². The van der Waals surface area contributed by atoms with Gasteiger partial charge in [0.25, 0.3) is 0 Å². The highest BCUT2D eigenvalue weighted by molar-refractivity contribution is 6.30. The van der Waals surface area contributed by atoms with Crippen molar-refractivity contribution in [3.8, 4) is 16.9 Å². The zero-order chi connectivity index (χ0) is 13.2. The number of pyridine rings is 1. The van der Waals surface area contributed by atoms with Crippen LogP contribution in [0.15, 0.2) is 54.6 Å². The smallest absolute Gasteiger partial charge is 0.130 e. The van der Waals surface area contributed by atoms with Gasteiger partial charge in [-0.05, 0) is 29.3 Å². The van der Waals surface area contributed by atoms with E-state index in [9.17, 15) is 0 Å². The van der Waals surface area contributed by atoms with E-state index in [1.807, 2.05) is 42.5 Å². The summed E-state index contributed by atoms with van der Waals surface area (Å²) < 4.78 is 5.22. The highest BCUT2D eigenvalue weighted by Crippen LogP contribution is 2.31. The monoisotopic (exact) mass is 269 g/mol. The summed E-state index contributed by atoms with van der Waals surface area (Å²) in [5.74, 6) is 0.779. The first-order valence-electron chi connectivity index (χ1n) is 5.97. The van der Waals surface area contributed by atoms with Gasteiger partial charge < -0.3 is 4.74 Å². The molecule has 0 N–H and O–H groups in total. The fourth-order valence-corrected chi connectivity index (χ4v) is 2.36. The summed E-state index contributed by atoms with van der Waals surface area (Å²) in [6, 6.07) is 17.9. The third kappa shape index (κ3) is 2.27. The lowest BCUT2D eigenvalue weighted by Gasteiger charge is -2.08. The molecule has 0 radical (unpaired) electrons. The summed E-state index contributed by atoms with van der Waals surface area (Å²) in [6.45, 7) is 0. The third-order valence-electron chi connectivity index (χ3n) is 3.07. The van der Waals surface area contributed by atoms with Crippen molar-refractivity contribution in [2.24, 2.45) is 0 Å². The molecular weight excluding hydrogens is 258 g/mol. The molecule has 3 heteroatoms. The average molecular weight is 270 g/mol. The number of rotatable bonds is 2. The second kappa shape index (κ2) is 4.90. The molecule has 0 atom stereocenters. The standard InChI is InChI=1S/C16H12ClNO/c1-19-12-7-8-13-14(11-5-3-2-4-6-11)10-16(17)18-15(13)9-12/h2-10H,1H3. The number of hydrogen-bond donors (Lipinski definition) is 0. The number of aromatic nitrogens is 1. The van der Waals surface area contributed by atoms with Crippen LogP contribution in [0.2, 0.25) is 5.15 Å². The van der Waals surface area contributed by atoms with Gasteiger partial charge in [-0.25, -0.2) is 4.98 Å². The number of ether oxygens (including phenoxy) is 1. The summed E-state index contributed by atoms with van der Waals surface area (Å²) in [5.41, 5.74) is 3.05. The van der Waals surface area contributed by atoms with Crippen molar-refractivity contribution in [3.63, 3.8) is 0 Å². The summed E-state index contributed by atoms with van der Waals surface area (Å²) in [7, 11) is 1.64. The molecule has 1 aromatic heterocycles. The molecule has 0 aliphatic carbocycles. The first kappa shape index (κ1) is 12.0. The minimum atomic E-state index is 0.486. The summed E-state index contributed by atoms with van der Waals surface area (Å²) in [6.07, 6.45) is 0. The lowest BCUT2D eigenvalue weighted by molar-refractivity contribution is 0.415. The minimum Gasteiger partial charge on any atom is -0.497 e. The van der Waals surface area contributed by atoms with E-state index in [2.05, 4.69) is 17.1 Å². The van der Waals surface area contributed by atoms with Crippen molar-refractivity contribution < 1.29 is 4.74 Å². The van der Waals surface area contributed by atoms with Crippen molar-refractivity contribution >= 4 is 22.5 Å². The summed E-state index contributed by atoms with van der Waals surface area (Å²) in [4.78, 5) is 4.36. The molecule has 0 fully saturated rings. The molecule has 1 heterocycles. The molecule has 0 aliphatic rings. The van der Waals surface area contributed by atoms with Crippen LogP contribution in [0.25, 0.3) is 22.0 Å². The molecule has 0 saturated carbocycles. The Morgan fingerprint density at radius 2 is 1.79 bits per heavy atom. The number of nitrogens with zero attached hydrogens (tertiary/aromatic N) is 1. The first-order valence-corrected chi connectivity index (χ1v) is 6.35. The topological polar surface area (TPSA) is 22.1 Å². The predicted octanol–water partition coefficient (Wildman–Crippen LogP) is 4.56. The lowest BCUT2D eigenvalue weighted by atomic mass is 10.0. The zero-order valence-electron chi connectivity index (χ0n) is 10.4. The Balaban J connectivity index is 2.30. The van der Waals surface area contributed by atoms with Crippen molar-refractivity contribution in [1.82, 2.24) is 4.98 Å². The normalized spacial score (nSPS) is 10.6. The van der Waals surface area contributed by atoms with Crippen LogP contribution in [0.3, 0.4) is 0 Å². The van der Waals surface area contributed by atoms with E-state index in [1.165, 1.54) is 0 Å². The Kier molecular flexibility index (Phi) is 3.10. The molecule has 0 unspecified atom stereocenters. The quantitative estimate of drug-likeness (QED) is 0.636. The number of fused-ring (bicyclic) bond motifs is 1. The molecule has 3 rings (SSSR count). The Labute approximate surface area is 116 Å². The highest BCUT2D eigenvalue weighted by Gasteiger charge is 2.07.